The maximum absolute atomic E-state index is 12.8. The second kappa shape index (κ2) is 7.73. The van der Waals surface area contributed by atoms with Gasteiger partial charge in [-0.25, -0.2) is 0 Å². The molecular weight excluding hydrogens is 276 g/mol. The van der Waals surface area contributed by atoms with Gasteiger partial charge in [-0.05, 0) is 37.5 Å². The Hall–Kier alpha value is -2.17. The van der Waals surface area contributed by atoms with E-state index in [1.54, 1.807) is 17.1 Å². The molecule has 22 heavy (non-hydrogen) atoms. The van der Waals surface area contributed by atoms with Gasteiger partial charge in [0.15, 0.2) is 0 Å². The van der Waals surface area contributed by atoms with Crippen LogP contribution in [0.5, 0.6) is 0 Å². The zero-order chi connectivity index (χ0) is 15.9. The zero-order valence-corrected chi connectivity index (χ0v) is 13.6. The molecule has 0 aliphatic heterocycles. The van der Waals surface area contributed by atoms with E-state index in [-0.39, 0.29) is 11.9 Å². The molecule has 0 saturated heterocycles. The molecule has 0 spiro atoms. The van der Waals surface area contributed by atoms with Crippen LogP contribution in [-0.2, 0) is 11.3 Å². The maximum atomic E-state index is 12.8. The smallest absolute Gasteiger partial charge is 0.247 e. The average Bonchev–Trinajstić information content (AvgIpc) is 2.97. The van der Waals surface area contributed by atoms with Gasteiger partial charge < -0.3 is 4.90 Å². The van der Waals surface area contributed by atoms with E-state index in [1.807, 2.05) is 43.3 Å². The Kier molecular flexibility index (Phi) is 5.69. The summed E-state index contributed by atoms with van der Waals surface area (Å²) >= 11 is 0. The molecule has 0 N–H and O–H groups in total. The normalized spacial score (nSPS) is 12.1. The first-order valence-corrected chi connectivity index (χ1v) is 7.80. The number of rotatable bonds is 7. The lowest BCUT2D eigenvalue weighted by molar-refractivity contribution is -0.135. The standard InChI is InChI=1S/C17H24N4O/c1-4-5-9-20(13-16-7-6-8-18-11-16)17(22)15(3)21-12-14(2)10-19-21/h6-8,10-12,15H,4-5,9,13H2,1-3H3. The van der Waals surface area contributed by atoms with Crippen molar-refractivity contribution in [2.24, 2.45) is 0 Å². The minimum absolute atomic E-state index is 0.0976. The summed E-state index contributed by atoms with van der Waals surface area (Å²) in [6.07, 6.45) is 9.31. The summed E-state index contributed by atoms with van der Waals surface area (Å²) in [5.74, 6) is 0.0976. The van der Waals surface area contributed by atoms with Crippen LogP contribution in [-0.4, -0.2) is 32.1 Å². The number of aromatic nitrogens is 3. The predicted octanol–water partition coefficient (Wildman–Crippen LogP) is 2.98. The fourth-order valence-electron chi connectivity index (χ4n) is 2.35. The summed E-state index contributed by atoms with van der Waals surface area (Å²) in [6, 6.07) is 3.61. The predicted molar refractivity (Wildman–Crippen MR) is 86.2 cm³/mol. The lowest BCUT2D eigenvalue weighted by atomic mass is 10.2. The van der Waals surface area contributed by atoms with Gasteiger partial charge in [0, 0.05) is 31.7 Å². The number of carbonyl (C=O) groups excluding carboxylic acids is 1. The molecular formula is C17H24N4O. The van der Waals surface area contributed by atoms with Gasteiger partial charge in [0.1, 0.15) is 6.04 Å². The van der Waals surface area contributed by atoms with E-state index in [9.17, 15) is 4.79 Å². The molecule has 1 unspecified atom stereocenters. The van der Waals surface area contributed by atoms with Crippen molar-refractivity contribution >= 4 is 5.91 Å². The van der Waals surface area contributed by atoms with Crippen LogP contribution in [0.15, 0.2) is 36.9 Å². The number of hydrogen-bond acceptors (Lipinski definition) is 3. The van der Waals surface area contributed by atoms with Crippen molar-refractivity contribution in [3.8, 4) is 0 Å². The van der Waals surface area contributed by atoms with Crippen LogP contribution in [0.25, 0.3) is 0 Å². The van der Waals surface area contributed by atoms with Crippen LogP contribution in [0.3, 0.4) is 0 Å². The first-order chi connectivity index (χ1) is 10.6. The highest BCUT2D eigenvalue weighted by Gasteiger charge is 2.22. The summed E-state index contributed by atoms with van der Waals surface area (Å²) in [7, 11) is 0. The van der Waals surface area contributed by atoms with Crippen molar-refractivity contribution in [3.05, 3.63) is 48.0 Å². The van der Waals surface area contributed by atoms with Gasteiger partial charge in [-0.3, -0.25) is 14.5 Å². The molecule has 5 nitrogen and oxygen atoms in total. The van der Waals surface area contributed by atoms with E-state index >= 15 is 0 Å². The highest BCUT2D eigenvalue weighted by molar-refractivity contribution is 5.80. The lowest BCUT2D eigenvalue weighted by Gasteiger charge is -2.26. The third-order valence-electron chi connectivity index (χ3n) is 3.67. The molecule has 0 fully saturated rings. The summed E-state index contributed by atoms with van der Waals surface area (Å²) in [6.45, 7) is 7.36. The molecule has 1 atom stereocenters. The van der Waals surface area contributed by atoms with Gasteiger partial charge >= 0.3 is 0 Å². The molecule has 0 bridgehead atoms. The Bertz CT molecular complexity index is 594. The molecule has 2 rings (SSSR count). The van der Waals surface area contributed by atoms with Gasteiger partial charge in [-0.2, -0.15) is 5.10 Å². The quantitative estimate of drug-likeness (QED) is 0.790. The number of nitrogens with zero attached hydrogens (tertiary/aromatic N) is 4. The molecule has 118 valence electrons. The van der Waals surface area contributed by atoms with E-state index in [4.69, 9.17) is 0 Å². The molecule has 0 aliphatic carbocycles. The van der Waals surface area contributed by atoms with Crippen LogP contribution >= 0.6 is 0 Å². The summed E-state index contributed by atoms with van der Waals surface area (Å²) in [5.41, 5.74) is 2.11. The van der Waals surface area contributed by atoms with Gasteiger partial charge in [0.25, 0.3) is 0 Å². The highest BCUT2D eigenvalue weighted by Crippen LogP contribution is 2.14. The average molecular weight is 300 g/mol. The van der Waals surface area contributed by atoms with E-state index < -0.39 is 0 Å². The van der Waals surface area contributed by atoms with Gasteiger partial charge in [-0.1, -0.05) is 19.4 Å². The third-order valence-corrected chi connectivity index (χ3v) is 3.67. The second-order valence-electron chi connectivity index (χ2n) is 5.65. The topological polar surface area (TPSA) is 51.0 Å². The van der Waals surface area contributed by atoms with Crippen LogP contribution in [0, 0.1) is 6.92 Å². The van der Waals surface area contributed by atoms with Crippen LogP contribution in [0.2, 0.25) is 0 Å². The Morgan fingerprint density at radius 3 is 2.82 bits per heavy atom. The van der Waals surface area contributed by atoms with Crippen molar-refractivity contribution in [2.45, 2.75) is 46.2 Å². The van der Waals surface area contributed by atoms with E-state index in [2.05, 4.69) is 17.0 Å². The summed E-state index contributed by atoms with van der Waals surface area (Å²) < 4.78 is 1.74. The Morgan fingerprint density at radius 1 is 1.41 bits per heavy atom. The van der Waals surface area contributed by atoms with E-state index in [0.717, 1.165) is 30.5 Å². The Balaban J connectivity index is 2.11. The molecule has 2 heterocycles. The molecule has 1 amide bonds. The summed E-state index contributed by atoms with van der Waals surface area (Å²) in [4.78, 5) is 18.8. The van der Waals surface area contributed by atoms with Gasteiger partial charge in [-0.15, -0.1) is 0 Å². The minimum atomic E-state index is -0.290. The van der Waals surface area contributed by atoms with Crippen molar-refractivity contribution in [1.29, 1.82) is 0 Å². The number of amides is 1. The molecule has 0 aromatic carbocycles. The first-order valence-electron chi connectivity index (χ1n) is 7.80. The third kappa shape index (κ3) is 4.16. The largest absolute Gasteiger partial charge is 0.336 e. The molecule has 2 aromatic heterocycles. The van der Waals surface area contributed by atoms with Crippen LogP contribution < -0.4 is 0 Å². The fraction of sp³-hybridized carbons (Fsp3) is 0.471. The van der Waals surface area contributed by atoms with E-state index in [1.165, 1.54) is 0 Å². The highest BCUT2D eigenvalue weighted by atomic mass is 16.2. The number of carbonyl (C=O) groups is 1. The first kappa shape index (κ1) is 16.2. The zero-order valence-electron chi connectivity index (χ0n) is 13.6. The van der Waals surface area contributed by atoms with Crippen LogP contribution in [0.1, 0.15) is 43.9 Å². The monoisotopic (exact) mass is 300 g/mol. The number of hydrogen-bond donors (Lipinski definition) is 0. The van der Waals surface area contributed by atoms with Crippen LogP contribution in [0.4, 0.5) is 0 Å². The second-order valence-corrected chi connectivity index (χ2v) is 5.65. The Labute approximate surface area is 132 Å². The Morgan fingerprint density at radius 2 is 2.23 bits per heavy atom. The number of pyridine rings is 1. The minimum Gasteiger partial charge on any atom is -0.336 e. The van der Waals surface area contributed by atoms with Crippen molar-refractivity contribution < 1.29 is 4.79 Å². The van der Waals surface area contributed by atoms with Gasteiger partial charge in [0.05, 0.1) is 6.20 Å². The van der Waals surface area contributed by atoms with Crippen molar-refractivity contribution in [1.82, 2.24) is 19.7 Å². The van der Waals surface area contributed by atoms with Gasteiger partial charge in [0.2, 0.25) is 5.91 Å². The SMILES string of the molecule is CCCCN(Cc1cccnc1)C(=O)C(C)n1cc(C)cn1. The molecule has 0 aliphatic rings. The lowest BCUT2D eigenvalue weighted by Crippen LogP contribution is -2.36. The molecule has 2 aromatic rings. The fourth-order valence-corrected chi connectivity index (χ4v) is 2.35. The van der Waals surface area contributed by atoms with Crippen molar-refractivity contribution in [2.75, 3.05) is 6.54 Å². The molecule has 0 radical (unpaired) electrons. The molecule has 5 heteroatoms. The van der Waals surface area contributed by atoms with E-state index in [0.29, 0.717) is 6.54 Å². The number of unbranched alkanes of at least 4 members (excludes halogenated alkanes) is 1. The number of aryl methyl sites for hydroxylation is 1. The summed E-state index contributed by atoms with van der Waals surface area (Å²) in [5, 5.41) is 4.26. The van der Waals surface area contributed by atoms with Crippen molar-refractivity contribution in [3.63, 3.8) is 0 Å². The molecule has 0 saturated carbocycles. The maximum Gasteiger partial charge on any atom is 0.247 e.